The van der Waals surface area contributed by atoms with Gasteiger partial charge < -0.3 is 10.2 Å². The highest BCUT2D eigenvalue weighted by Gasteiger charge is 2.30. The minimum Gasteiger partial charge on any atom is -0.354 e. The molecule has 33 heavy (non-hydrogen) atoms. The third kappa shape index (κ3) is 7.40. The Hall–Kier alpha value is -2.71. The second kappa shape index (κ2) is 11.4. The number of carbonyl (C=O) groups excluding carboxylic acids is 2. The summed E-state index contributed by atoms with van der Waals surface area (Å²) in [6.07, 6.45) is 0. The Labute approximate surface area is 197 Å². The number of hydrogen-bond donors (Lipinski definition) is 1. The van der Waals surface area contributed by atoms with Crippen LogP contribution in [0.1, 0.15) is 37.5 Å². The zero-order chi connectivity index (χ0) is 24.8. The van der Waals surface area contributed by atoms with Crippen molar-refractivity contribution in [3.63, 3.8) is 0 Å². The lowest BCUT2D eigenvalue weighted by Gasteiger charge is -2.30. The van der Waals surface area contributed by atoms with Crippen molar-refractivity contribution in [1.29, 1.82) is 0 Å². The van der Waals surface area contributed by atoms with Crippen LogP contribution in [0.5, 0.6) is 0 Å². The summed E-state index contributed by atoms with van der Waals surface area (Å²) >= 11 is 0. The molecule has 180 valence electrons. The highest BCUT2D eigenvalue weighted by molar-refractivity contribution is 7.89. The number of amides is 2. The van der Waals surface area contributed by atoms with Crippen molar-refractivity contribution in [3.8, 4) is 0 Å². The van der Waals surface area contributed by atoms with E-state index in [-0.39, 0.29) is 29.8 Å². The summed E-state index contributed by atoms with van der Waals surface area (Å²) in [5.41, 5.74) is 2.85. The van der Waals surface area contributed by atoms with Crippen molar-refractivity contribution in [3.05, 3.63) is 65.2 Å². The predicted octanol–water partition coefficient (Wildman–Crippen LogP) is 3.11. The molecule has 1 atom stereocenters. The number of nitrogens with one attached hydrogen (secondary N) is 1. The van der Waals surface area contributed by atoms with Gasteiger partial charge in [0.15, 0.2) is 0 Å². The molecule has 2 aromatic carbocycles. The molecule has 0 aliphatic heterocycles. The van der Waals surface area contributed by atoms with Crippen molar-refractivity contribution < 1.29 is 18.0 Å². The Kier molecular flexibility index (Phi) is 9.19. The summed E-state index contributed by atoms with van der Waals surface area (Å²) in [7, 11) is -2.47. The average Bonchev–Trinajstić information content (AvgIpc) is 2.75. The van der Waals surface area contributed by atoms with Crippen molar-refractivity contribution in [1.82, 2.24) is 14.5 Å². The third-order valence-corrected chi connectivity index (χ3v) is 7.19. The number of rotatable bonds is 10. The molecule has 0 unspecified atom stereocenters. The SMILES string of the molecule is Cc1ccc(S(=O)(=O)N(C)CC(=O)N(Cc2cccc(C)c2)[C@H](C)C(=O)NCC(C)C)cc1. The first-order valence-electron chi connectivity index (χ1n) is 11.1. The molecule has 2 aromatic rings. The molecule has 0 radical (unpaired) electrons. The molecule has 0 fully saturated rings. The van der Waals surface area contributed by atoms with Gasteiger partial charge in [-0.05, 0) is 44.4 Å². The van der Waals surface area contributed by atoms with Crippen LogP contribution in [0.3, 0.4) is 0 Å². The van der Waals surface area contributed by atoms with Crippen molar-refractivity contribution in [2.75, 3.05) is 20.1 Å². The minimum absolute atomic E-state index is 0.122. The van der Waals surface area contributed by atoms with Crippen LogP contribution < -0.4 is 5.32 Å². The van der Waals surface area contributed by atoms with Crippen LogP contribution in [-0.2, 0) is 26.2 Å². The van der Waals surface area contributed by atoms with E-state index in [1.165, 1.54) is 24.1 Å². The lowest BCUT2D eigenvalue weighted by Crippen LogP contribution is -2.51. The molecule has 1 N–H and O–H groups in total. The van der Waals surface area contributed by atoms with Crippen LogP contribution in [0.2, 0.25) is 0 Å². The lowest BCUT2D eigenvalue weighted by atomic mass is 10.1. The number of sulfonamides is 1. The summed E-state index contributed by atoms with van der Waals surface area (Å²) in [6.45, 7) is 9.81. The number of hydrogen-bond acceptors (Lipinski definition) is 4. The molecule has 0 saturated carbocycles. The molecule has 2 rings (SSSR count). The maximum atomic E-state index is 13.3. The molecule has 0 saturated heterocycles. The van der Waals surface area contributed by atoms with E-state index in [9.17, 15) is 18.0 Å². The van der Waals surface area contributed by atoms with Crippen LogP contribution in [0.4, 0.5) is 0 Å². The fourth-order valence-corrected chi connectivity index (χ4v) is 4.42. The summed E-state index contributed by atoms with van der Waals surface area (Å²) in [5.74, 6) is -0.441. The van der Waals surface area contributed by atoms with Crippen molar-refractivity contribution in [2.45, 2.75) is 52.1 Å². The Bertz CT molecular complexity index is 1070. The highest BCUT2D eigenvalue weighted by Crippen LogP contribution is 2.17. The number of carbonyl (C=O) groups is 2. The van der Waals surface area contributed by atoms with E-state index in [0.717, 1.165) is 21.0 Å². The maximum absolute atomic E-state index is 13.3. The quantitative estimate of drug-likeness (QED) is 0.574. The first-order chi connectivity index (χ1) is 15.4. The van der Waals surface area contributed by atoms with Gasteiger partial charge in [-0.3, -0.25) is 9.59 Å². The molecule has 0 aromatic heterocycles. The van der Waals surface area contributed by atoms with Gasteiger partial charge >= 0.3 is 0 Å². The van der Waals surface area contributed by atoms with Crippen LogP contribution in [-0.4, -0.2) is 55.6 Å². The van der Waals surface area contributed by atoms with Gasteiger partial charge in [-0.1, -0.05) is 61.4 Å². The van der Waals surface area contributed by atoms with Crippen LogP contribution >= 0.6 is 0 Å². The van der Waals surface area contributed by atoms with Crippen molar-refractivity contribution in [2.24, 2.45) is 5.92 Å². The Morgan fingerprint density at radius 2 is 1.61 bits per heavy atom. The van der Waals surface area contributed by atoms with Crippen LogP contribution in [0, 0.1) is 19.8 Å². The second-order valence-electron chi connectivity index (χ2n) is 8.90. The first kappa shape index (κ1) is 26.5. The topological polar surface area (TPSA) is 86.8 Å². The van der Waals surface area contributed by atoms with Gasteiger partial charge in [-0.2, -0.15) is 4.31 Å². The van der Waals surface area contributed by atoms with Gasteiger partial charge in [0.2, 0.25) is 21.8 Å². The largest absolute Gasteiger partial charge is 0.354 e. The third-order valence-electron chi connectivity index (χ3n) is 5.37. The fraction of sp³-hybridized carbons (Fsp3) is 0.440. The minimum atomic E-state index is -3.85. The smallest absolute Gasteiger partial charge is 0.243 e. The monoisotopic (exact) mass is 473 g/mol. The van der Waals surface area contributed by atoms with Gasteiger partial charge in [0.05, 0.1) is 11.4 Å². The highest BCUT2D eigenvalue weighted by atomic mass is 32.2. The van der Waals surface area contributed by atoms with Gasteiger partial charge in [0.1, 0.15) is 6.04 Å². The van der Waals surface area contributed by atoms with E-state index < -0.39 is 22.0 Å². The summed E-state index contributed by atoms with van der Waals surface area (Å²) < 4.78 is 27.0. The average molecular weight is 474 g/mol. The zero-order valence-corrected chi connectivity index (χ0v) is 21.1. The summed E-state index contributed by atoms with van der Waals surface area (Å²) in [6, 6.07) is 13.4. The van der Waals surface area contributed by atoms with E-state index >= 15 is 0 Å². The summed E-state index contributed by atoms with van der Waals surface area (Å²) in [5, 5.41) is 2.86. The first-order valence-corrected chi connectivity index (χ1v) is 12.5. The molecule has 8 heteroatoms. The zero-order valence-electron chi connectivity index (χ0n) is 20.3. The van der Waals surface area contributed by atoms with Gasteiger partial charge in [-0.25, -0.2) is 8.42 Å². The molecule has 2 amide bonds. The standard InChI is InChI=1S/C25H35N3O4S/c1-18(2)15-26-25(30)21(5)28(16-22-9-7-8-20(4)14-22)24(29)17-27(6)33(31,32)23-12-10-19(3)11-13-23/h7-14,18,21H,15-17H2,1-6H3,(H,26,30)/t21-/m1/s1. The van der Waals surface area contributed by atoms with E-state index in [4.69, 9.17) is 0 Å². The molecule has 0 aliphatic carbocycles. The molecular weight excluding hydrogens is 438 g/mol. The van der Waals surface area contributed by atoms with Gasteiger partial charge in [0, 0.05) is 20.1 Å². The van der Waals surface area contributed by atoms with Gasteiger partial charge in [-0.15, -0.1) is 0 Å². The van der Waals surface area contributed by atoms with Gasteiger partial charge in [0.25, 0.3) is 0 Å². The van der Waals surface area contributed by atoms with Crippen LogP contribution in [0.25, 0.3) is 0 Å². The van der Waals surface area contributed by atoms with Crippen molar-refractivity contribution >= 4 is 21.8 Å². The Morgan fingerprint density at radius 3 is 2.18 bits per heavy atom. The van der Waals surface area contributed by atoms with E-state index in [1.54, 1.807) is 19.1 Å². The van der Waals surface area contributed by atoms with Crippen LogP contribution in [0.15, 0.2) is 53.4 Å². The number of benzene rings is 2. The normalized spacial score (nSPS) is 12.6. The second-order valence-corrected chi connectivity index (χ2v) is 10.9. The molecule has 0 aliphatic rings. The fourth-order valence-electron chi connectivity index (χ4n) is 3.30. The Morgan fingerprint density at radius 1 is 0.970 bits per heavy atom. The number of likely N-dealkylation sites (N-methyl/N-ethyl adjacent to an activating group) is 1. The molecule has 0 bridgehead atoms. The molecule has 0 heterocycles. The lowest BCUT2D eigenvalue weighted by molar-refractivity contribution is -0.140. The number of aryl methyl sites for hydroxylation is 2. The predicted molar refractivity (Wildman–Crippen MR) is 130 cm³/mol. The Balaban J connectivity index is 2.25. The molecule has 7 nitrogen and oxygen atoms in total. The van der Waals surface area contributed by atoms with E-state index in [1.807, 2.05) is 52.0 Å². The molecular formula is C25H35N3O4S. The number of nitrogens with zero attached hydrogens (tertiary/aromatic N) is 2. The van der Waals surface area contributed by atoms with E-state index in [2.05, 4.69) is 5.32 Å². The molecule has 0 spiro atoms. The summed E-state index contributed by atoms with van der Waals surface area (Å²) in [4.78, 5) is 27.6. The van der Waals surface area contributed by atoms with E-state index in [0.29, 0.717) is 6.54 Å². The maximum Gasteiger partial charge on any atom is 0.243 e.